The van der Waals surface area contributed by atoms with Crippen LogP contribution in [0.15, 0.2) is 60.0 Å². The van der Waals surface area contributed by atoms with Gasteiger partial charge in [-0.1, -0.05) is 30.3 Å². The second-order valence-electron chi connectivity index (χ2n) is 7.65. The average molecular weight is 480 g/mol. The van der Waals surface area contributed by atoms with Crippen LogP contribution in [-0.2, 0) is 14.3 Å². The fourth-order valence-corrected chi connectivity index (χ4v) is 3.76. The van der Waals surface area contributed by atoms with Crippen LogP contribution in [0.4, 0.5) is 11.4 Å². The van der Waals surface area contributed by atoms with Crippen molar-refractivity contribution < 1.29 is 23.9 Å². The van der Waals surface area contributed by atoms with E-state index in [9.17, 15) is 19.2 Å². The van der Waals surface area contributed by atoms with Gasteiger partial charge in [0.05, 0.1) is 17.0 Å². The van der Waals surface area contributed by atoms with Crippen LogP contribution in [0.2, 0.25) is 0 Å². The first-order valence-electron chi connectivity index (χ1n) is 10.5. The van der Waals surface area contributed by atoms with Gasteiger partial charge in [-0.15, -0.1) is 11.3 Å². The van der Waals surface area contributed by atoms with E-state index in [1.807, 2.05) is 32.0 Å². The van der Waals surface area contributed by atoms with Crippen molar-refractivity contribution in [2.24, 2.45) is 0 Å². The lowest BCUT2D eigenvalue weighted by atomic mass is 10.1. The Morgan fingerprint density at radius 1 is 0.941 bits per heavy atom. The summed E-state index contributed by atoms with van der Waals surface area (Å²) in [6, 6.07) is 15.4. The van der Waals surface area contributed by atoms with Crippen LogP contribution < -0.4 is 10.6 Å². The molecule has 9 heteroatoms. The first kappa shape index (κ1) is 24.7. The number of thiophene rings is 1. The SMILES string of the molecule is Cc1cccc(C)c1NC(=O)CN(C)C(=O)COC(=O)c1cccc(NC(=O)c2cccs2)c1. The number of para-hydroxylation sites is 1. The highest BCUT2D eigenvalue weighted by Gasteiger charge is 2.17. The molecule has 0 atom stereocenters. The number of esters is 1. The minimum absolute atomic E-state index is 0.186. The summed E-state index contributed by atoms with van der Waals surface area (Å²) >= 11 is 1.31. The summed E-state index contributed by atoms with van der Waals surface area (Å²) < 4.78 is 5.11. The quantitative estimate of drug-likeness (QED) is 0.477. The lowest BCUT2D eigenvalue weighted by Gasteiger charge is -2.18. The van der Waals surface area contributed by atoms with Crippen molar-refractivity contribution in [3.63, 3.8) is 0 Å². The normalized spacial score (nSPS) is 10.3. The zero-order valence-electron chi connectivity index (χ0n) is 19.1. The van der Waals surface area contributed by atoms with E-state index in [0.717, 1.165) is 11.1 Å². The molecule has 0 fully saturated rings. The number of hydrogen-bond donors (Lipinski definition) is 2. The monoisotopic (exact) mass is 479 g/mol. The molecule has 0 unspecified atom stereocenters. The molecule has 0 spiro atoms. The molecule has 1 aromatic heterocycles. The van der Waals surface area contributed by atoms with Gasteiger partial charge in [0.25, 0.3) is 11.8 Å². The van der Waals surface area contributed by atoms with E-state index < -0.39 is 18.5 Å². The van der Waals surface area contributed by atoms with Crippen LogP contribution in [0.1, 0.15) is 31.2 Å². The first-order chi connectivity index (χ1) is 16.2. The summed E-state index contributed by atoms with van der Waals surface area (Å²) in [7, 11) is 1.46. The predicted molar refractivity (Wildman–Crippen MR) is 131 cm³/mol. The fraction of sp³-hybridized carbons (Fsp3) is 0.200. The molecule has 0 aliphatic heterocycles. The molecule has 0 aliphatic carbocycles. The van der Waals surface area contributed by atoms with Gasteiger partial charge in [0, 0.05) is 18.4 Å². The van der Waals surface area contributed by atoms with Crippen molar-refractivity contribution in [2.75, 3.05) is 30.8 Å². The molecule has 0 saturated heterocycles. The summed E-state index contributed by atoms with van der Waals surface area (Å²) in [5.41, 5.74) is 3.17. The molecule has 176 valence electrons. The Balaban J connectivity index is 1.50. The van der Waals surface area contributed by atoms with Gasteiger partial charge in [0.2, 0.25) is 5.91 Å². The molecule has 0 radical (unpaired) electrons. The Bertz CT molecular complexity index is 1190. The Morgan fingerprint density at radius 3 is 2.32 bits per heavy atom. The maximum Gasteiger partial charge on any atom is 0.338 e. The summed E-state index contributed by atoms with van der Waals surface area (Å²) in [5, 5.41) is 7.32. The number of nitrogens with one attached hydrogen (secondary N) is 2. The third kappa shape index (κ3) is 6.52. The van der Waals surface area contributed by atoms with Gasteiger partial charge in [0.1, 0.15) is 0 Å². The summed E-state index contributed by atoms with van der Waals surface area (Å²) in [6.45, 7) is 3.07. The molecular formula is C25H25N3O5S. The lowest BCUT2D eigenvalue weighted by molar-refractivity contribution is -0.136. The van der Waals surface area contributed by atoms with Gasteiger partial charge in [0.15, 0.2) is 6.61 Å². The van der Waals surface area contributed by atoms with E-state index in [2.05, 4.69) is 10.6 Å². The number of anilines is 2. The average Bonchev–Trinajstić information content (AvgIpc) is 3.35. The predicted octanol–water partition coefficient (Wildman–Crippen LogP) is 3.87. The number of rotatable bonds is 8. The first-order valence-corrected chi connectivity index (χ1v) is 11.3. The molecule has 0 bridgehead atoms. The summed E-state index contributed by atoms with van der Waals surface area (Å²) in [5.74, 6) is -1.87. The topological polar surface area (TPSA) is 105 Å². The van der Waals surface area contributed by atoms with E-state index in [0.29, 0.717) is 16.3 Å². The number of carbonyl (C=O) groups is 4. The van der Waals surface area contributed by atoms with Crippen molar-refractivity contribution in [3.05, 3.63) is 81.5 Å². The molecule has 0 saturated carbocycles. The van der Waals surface area contributed by atoms with E-state index in [-0.39, 0.29) is 23.9 Å². The van der Waals surface area contributed by atoms with Crippen LogP contribution in [-0.4, -0.2) is 48.8 Å². The van der Waals surface area contributed by atoms with Crippen molar-refractivity contribution in [1.29, 1.82) is 0 Å². The molecule has 2 N–H and O–H groups in total. The number of amides is 3. The van der Waals surface area contributed by atoms with E-state index in [1.54, 1.807) is 29.6 Å². The Hall–Kier alpha value is -3.98. The van der Waals surface area contributed by atoms with Crippen molar-refractivity contribution in [3.8, 4) is 0 Å². The Kier molecular flexibility index (Phi) is 8.15. The highest BCUT2D eigenvalue weighted by Crippen LogP contribution is 2.19. The van der Waals surface area contributed by atoms with Gasteiger partial charge in [-0.2, -0.15) is 0 Å². The maximum absolute atomic E-state index is 12.4. The minimum atomic E-state index is -0.714. The minimum Gasteiger partial charge on any atom is -0.452 e. The summed E-state index contributed by atoms with van der Waals surface area (Å²) in [6.07, 6.45) is 0. The molecule has 3 rings (SSSR count). The van der Waals surface area contributed by atoms with Crippen molar-refractivity contribution in [1.82, 2.24) is 4.90 Å². The largest absolute Gasteiger partial charge is 0.452 e. The number of hydrogen-bond acceptors (Lipinski definition) is 6. The zero-order valence-corrected chi connectivity index (χ0v) is 19.9. The van der Waals surface area contributed by atoms with E-state index in [1.165, 1.54) is 35.4 Å². The number of benzene rings is 2. The molecule has 0 aliphatic rings. The fourth-order valence-electron chi connectivity index (χ4n) is 3.14. The van der Waals surface area contributed by atoms with Crippen molar-refractivity contribution >= 4 is 46.4 Å². The molecule has 3 amide bonds. The third-order valence-corrected chi connectivity index (χ3v) is 5.85. The third-order valence-electron chi connectivity index (χ3n) is 4.98. The molecule has 3 aromatic rings. The number of ether oxygens (including phenoxy) is 1. The number of likely N-dealkylation sites (N-methyl/N-ethyl adjacent to an activating group) is 1. The standard InChI is InChI=1S/C25H25N3O5S/c1-16-7-4-8-17(2)23(16)27-21(29)14-28(3)22(30)15-33-25(32)18-9-5-10-19(13-18)26-24(31)20-11-6-12-34-20/h4-13H,14-15H2,1-3H3,(H,26,31)(H,27,29). The van der Waals surface area contributed by atoms with Gasteiger partial charge in [-0.25, -0.2) is 4.79 Å². The van der Waals surface area contributed by atoms with Crippen LogP contribution in [0.25, 0.3) is 0 Å². The molecule has 34 heavy (non-hydrogen) atoms. The van der Waals surface area contributed by atoms with Crippen LogP contribution >= 0.6 is 11.3 Å². The van der Waals surface area contributed by atoms with Crippen LogP contribution in [0, 0.1) is 13.8 Å². The van der Waals surface area contributed by atoms with Crippen LogP contribution in [0.5, 0.6) is 0 Å². The molecular weight excluding hydrogens is 454 g/mol. The van der Waals surface area contributed by atoms with Gasteiger partial charge >= 0.3 is 5.97 Å². The lowest BCUT2D eigenvalue weighted by Crippen LogP contribution is -2.37. The second kappa shape index (κ2) is 11.2. The van der Waals surface area contributed by atoms with E-state index in [4.69, 9.17) is 4.74 Å². The number of carbonyl (C=O) groups excluding carboxylic acids is 4. The van der Waals surface area contributed by atoms with Gasteiger partial charge < -0.3 is 20.3 Å². The summed E-state index contributed by atoms with van der Waals surface area (Å²) in [4.78, 5) is 51.0. The maximum atomic E-state index is 12.4. The van der Waals surface area contributed by atoms with Gasteiger partial charge in [-0.3, -0.25) is 14.4 Å². The van der Waals surface area contributed by atoms with Crippen LogP contribution in [0.3, 0.4) is 0 Å². The Morgan fingerprint density at radius 2 is 1.65 bits per heavy atom. The number of aryl methyl sites for hydroxylation is 2. The molecule has 1 heterocycles. The molecule has 8 nitrogen and oxygen atoms in total. The smallest absolute Gasteiger partial charge is 0.338 e. The van der Waals surface area contributed by atoms with E-state index >= 15 is 0 Å². The van der Waals surface area contributed by atoms with Crippen molar-refractivity contribution in [2.45, 2.75) is 13.8 Å². The Labute approximate surface area is 201 Å². The zero-order chi connectivity index (χ0) is 24.7. The highest BCUT2D eigenvalue weighted by molar-refractivity contribution is 7.12. The number of nitrogens with zero attached hydrogens (tertiary/aromatic N) is 1. The highest BCUT2D eigenvalue weighted by atomic mass is 32.1. The molecule has 2 aromatic carbocycles. The van der Waals surface area contributed by atoms with Gasteiger partial charge in [-0.05, 0) is 54.6 Å². The second-order valence-corrected chi connectivity index (χ2v) is 8.60.